The van der Waals surface area contributed by atoms with E-state index in [1.165, 1.54) is 0 Å². The number of hydrogen-bond acceptors (Lipinski definition) is 19. The van der Waals surface area contributed by atoms with Crippen molar-refractivity contribution in [2.75, 3.05) is 178 Å². The summed E-state index contributed by atoms with van der Waals surface area (Å²) in [4.78, 5) is 0. The van der Waals surface area contributed by atoms with Crippen LogP contribution in [0.1, 0.15) is 90.9 Å². The Kier molecular flexibility index (Phi) is 42.4. The highest BCUT2D eigenvalue weighted by molar-refractivity contribution is 6.61. The third-order valence-electron chi connectivity index (χ3n) is 12.5. The van der Waals surface area contributed by atoms with Gasteiger partial charge in [0.1, 0.15) is 0 Å². The maximum atomic E-state index is 6.81. The Balaban J connectivity index is 6.16. The second-order valence-corrected chi connectivity index (χ2v) is 29.8. The van der Waals surface area contributed by atoms with E-state index in [-0.39, 0.29) is 0 Å². The van der Waals surface area contributed by atoms with E-state index in [1.54, 1.807) is 85.3 Å². The van der Waals surface area contributed by atoms with E-state index in [4.69, 9.17) is 86.3 Å². The molecule has 0 rings (SSSR count). The molecule has 0 fully saturated rings. The SMILES string of the molecule is CCOCC(COCCCCC[Si](OC)(OC)OC)(COCCCCC[Si](OC)(OC)OC)COCC(COCC)(COCCCCC[Si](OC)(OC)OC)COCCCCC[Si](OC)(OC)OC. The lowest BCUT2D eigenvalue weighted by Crippen LogP contribution is -2.46. The molecule has 0 N–H and O–H groups in total. The summed E-state index contributed by atoms with van der Waals surface area (Å²) in [5, 5.41) is 0. The molecule has 0 bridgehead atoms. The molecule has 19 nitrogen and oxygen atoms in total. The van der Waals surface area contributed by atoms with E-state index in [9.17, 15) is 0 Å². The van der Waals surface area contributed by atoms with Crippen LogP contribution < -0.4 is 0 Å². The molecule has 0 aliphatic heterocycles. The fourth-order valence-corrected chi connectivity index (χ4v) is 15.1. The molecular formula is C46H102O19Si4. The summed E-state index contributed by atoms with van der Waals surface area (Å²) < 4.78 is 112. The molecule has 0 aromatic carbocycles. The van der Waals surface area contributed by atoms with Crippen LogP contribution in [0, 0.1) is 10.8 Å². The van der Waals surface area contributed by atoms with Gasteiger partial charge >= 0.3 is 35.2 Å². The Bertz CT molecular complexity index is 955. The minimum Gasteiger partial charge on any atom is -0.381 e. The van der Waals surface area contributed by atoms with Crippen molar-refractivity contribution in [2.24, 2.45) is 10.8 Å². The zero-order valence-electron chi connectivity index (χ0n) is 46.0. The summed E-state index contributed by atoms with van der Waals surface area (Å²) in [5.74, 6) is 0. The molecule has 0 heterocycles. The van der Waals surface area contributed by atoms with Crippen molar-refractivity contribution >= 4 is 35.2 Å². The average molecular weight is 1070 g/mol. The van der Waals surface area contributed by atoms with Crippen molar-refractivity contribution in [1.29, 1.82) is 0 Å². The lowest BCUT2D eigenvalue weighted by molar-refractivity contribution is -0.142. The van der Waals surface area contributed by atoms with Crippen molar-refractivity contribution in [3.05, 3.63) is 0 Å². The molecule has 0 atom stereocenters. The molecule has 69 heavy (non-hydrogen) atoms. The molecule has 0 aliphatic rings. The Morgan fingerprint density at radius 3 is 0.609 bits per heavy atom. The highest BCUT2D eigenvalue weighted by Gasteiger charge is 2.40. The van der Waals surface area contributed by atoms with Gasteiger partial charge in [-0.15, -0.1) is 0 Å². The van der Waals surface area contributed by atoms with Crippen LogP contribution in [0.25, 0.3) is 0 Å². The molecule has 0 unspecified atom stereocenters. The standard InChI is InChI=1S/C46H102O19Si4/c1-15-59-37-45(39-61-29-21-17-25-33-66(47-3,48-4)49-5,40-62-30-22-18-26-34-67(50-6,51-7)52-8)43-65-44-46(38-60-16-2,41-63-31-23-19-27-35-68(53-9,54-10)55-11)42-64-32-24-20-28-36-69(56-12,57-13)58-14/h15-44H2,1-14H3. The van der Waals surface area contributed by atoms with Crippen molar-refractivity contribution in [3.8, 4) is 0 Å². The van der Waals surface area contributed by atoms with Crippen molar-refractivity contribution in [2.45, 2.75) is 115 Å². The number of unbranched alkanes of at least 4 members (excludes halogenated alkanes) is 8. The van der Waals surface area contributed by atoms with Crippen LogP contribution in [-0.4, -0.2) is 213 Å². The van der Waals surface area contributed by atoms with Gasteiger partial charge in [-0.2, -0.15) is 0 Å². The summed E-state index contributed by atoms with van der Waals surface area (Å²) >= 11 is 0. The van der Waals surface area contributed by atoms with E-state index in [0.29, 0.717) is 92.5 Å². The minimum atomic E-state index is -2.62. The molecule has 416 valence electrons. The van der Waals surface area contributed by atoms with E-state index in [1.807, 2.05) is 13.8 Å². The van der Waals surface area contributed by atoms with Gasteiger partial charge in [-0.05, 0) is 65.2 Å². The monoisotopic (exact) mass is 1070 g/mol. The summed E-state index contributed by atoms with van der Waals surface area (Å²) in [6.07, 6.45) is 10.9. The fourth-order valence-electron chi connectivity index (χ4n) is 7.89. The zero-order chi connectivity index (χ0) is 51.6. The predicted octanol–water partition coefficient (Wildman–Crippen LogP) is 7.31. The largest absolute Gasteiger partial charge is 0.500 e. The molecule has 0 aromatic heterocycles. The summed E-state index contributed by atoms with van der Waals surface area (Å²) in [7, 11) is 9.27. The maximum absolute atomic E-state index is 6.81. The molecule has 0 radical (unpaired) electrons. The maximum Gasteiger partial charge on any atom is 0.500 e. The van der Waals surface area contributed by atoms with Crippen LogP contribution in [-0.2, 0) is 86.3 Å². The molecule has 0 saturated carbocycles. The zero-order valence-corrected chi connectivity index (χ0v) is 50.0. The number of ether oxygens (including phenoxy) is 7. The van der Waals surface area contributed by atoms with Gasteiger partial charge in [0.2, 0.25) is 0 Å². The fraction of sp³-hybridized carbons (Fsp3) is 1.00. The highest BCUT2D eigenvalue weighted by Crippen LogP contribution is 2.27. The van der Waals surface area contributed by atoms with Gasteiger partial charge in [-0.3, -0.25) is 0 Å². The Hall–Kier alpha value is 0.108. The van der Waals surface area contributed by atoms with Crippen LogP contribution >= 0.6 is 0 Å². The van der Waals surface area contributed by atoms with Gasteiger partial charge in [0.25, 0.3) is 0 Å². The third-order valence-corrected chi connectivity index (χ3v) is 23.8. The van der Waals surface area contributed by atoms with Gasteiger partial charge < -0.3 is 86.3 Å². The molecule has 0 aromatic rings. The Labute approximate surface area is 423 Å². The van der Waals surface area contributed by atoms with Gasteiger partial charge in [0.15, 0.2) is 0 Å². The summed E-state index contributed by atoms with van der Waals surface area (Å²) in [5.41, 5.74) is -1.17. The predicted molar refractivity (Wildman–Crippen MR) is 274 cm³/mol. The second-order valence-electron chi connectivity index (χ2n) is 17.4. The normalized spacial score (nSPS) is 13.3. The number of rotatable bonds is 54. The first-order valence-corrected chi connectivity index (χ1v) is 32.8. The van der Waals surface area contributed by atoms with Crippen molar-refractivity contribution in [1.82, 2.24) is 0 Å². The quantitative estimate of drug-likeness (QED) is 0.0438. The first-order chi connectivity index (χ1) is 33.4. The van der Waals surface area contributed by atoms with Gasteiger partial charge in [0, 0.05) is 149 Å². The van der Waals surface area contributed by atoms with E-state index in [2.05, 4.69) is 0 Å². The number of hydrogen-bond donors (Lipinski definition) is 0. The second kappa shape index (κ2) is 42.3. The lowest BCUT2D eigenvalue weighted by atomic mass is 9.90. The molecule has 0 saturated heterocycles. The van der Waals surface area contributed by atoms with E-state index < -0.39 is 46.0 Å². The van der Waals surface area contributed by atoms with Gasteiger partial charge in [0.05, 0.1) is 63.7 Å². The minimum absolute atomic E-state index is 0.336. The van der Waals surface area contributed by atoms with Crippen molar-refractivity contribution in [3.63, 3.8) is 0 Å². The third kappa shape index (κ3) is 28.5. The first kappa shape index (κ1) is 69.1. The van der Waals surface area contributed by atoms with Crippen LogP contribution in [0.4, 0.5) is 0 Å². The molecular weight excluding hydrogens is 969 g/mol. The summed E-state index contributed by atoms with van der Waals surface area (Å²) in [6, 6.07) is 2.97. The van der Waals surface area contributed by atoms with Gasteiger partial charge in [-0.25, -0.2) is 0 Å². The molecule has 0 spiro atoms. The average Bonchev–Trinajstić information content (AvgIpc) is 3.39. The van der Waals surface area contributed by atoms with Crippen LogP contribution in [0.3, 0.4) is 0 Å². The highest BCUT2D eigenvalue weighted by atomic mass is 28.4. The van der Waals surface area contributed by atoms with Crippen LogP contribution in [0.15, 0.2) is 0 Å². The lowest BCUT2D eigenvalue weighted by Gasteiger charge is -2.37. The Morgan fingerprint density at radius 1 is 0.232 bits per heavy atom. The van der Waals surface area contributed by atoms with Crippen LogP contribution in [0.5, 0.6) is 0 Å². The Morgan fingerprint density at radius 2 is 0.420 bits per heavy atom. The molecule has 0 amide bonds. The topological polar surface area (TPSA) is 175 Å². The smallest absolute Gasteiger partial charge is 0.381 e. The molecule has 0 aliphatic carbocycles. The van der Waals surface area contributed by atoms with Crippen molar-refractivity contribution < 1.29 is 86.3 Å². The van der Waals surface area contributed by atoms with Gasteiger partial charge in [-0.1, -0.05) is 25.7 Å². The van der Waals surface area contributed by atoms with Crippen LogP contribution in [0.2, 0.25) is 24.2 Å². The van der Waals surface area contributed by atoms with E-state index >= 15 is 0 Å². The molecule has 23 heteroatoms. The van der Waals surface area contributed by atoms with E-state index in [0.717, 1.165) is 101 Å². The summed E-state index contributed by atoms with van der Waals surface area (Å²) in [6.45, 7) is 10.5. The first-order valence-electron chi connectivity index (χ1n) is 25.0.